The van der Waals surface area contributed by atoms with Crippen LogP contribution in [0.1, 0.15) is 26.7 Å². The van der Waals surface area contributed by atoms with Gasteiger partial charge in [0.25, 0.3) is 0 Å². The lowest BCUT2D eigenvalue weighted by atomic mass is 9.92. The lowest BCUT2D eigenvalue weighted by molar-refractivity contribution is 0.223. The van der Waals surface area contributed by atoms with Gasteiger partial charge in [-0.05, 0) is 32.4 Å². The minimum atomic E-state index is -2.74. The van der Waals surface area contributed by atoms with Crippen LogP contribution in [0.5, 0.6) is 0 Å². The third kappa shape index (κ3) is 5.84. The summed E-state index contributed by atoms with van der Waals surface area (Å²) in [6.07, 6.45) is 1.53. The Bertz CT molecular complexity index is 322. The summed E-state index contributed by atoms with van der Waals surface area (Å²) in [7, 11) is 1.42. The highest BCUT2D eigenvalue weighted by molar-refractivity contribution is 7.91. The Morgan fingerprint density at radius 2 is 1.76 bits per heavy atom. The number of nitrogens with zero attached hydrogens (tertiary/aromatic N) is 1. The fourth-order valence-electron chi connectivity index (χ4n) is 2.43. The molecular weight excluding hydrogens is 236 g/mol. The molecule has 0 aromatic rings. The first-order valence-electron chi connectivity index (χ1n) is 6.29. The highest BCUT2D eigenvalue weighted by Gasteiger charge is 2.25. The van der Waals surface area contributed by atoms with E-state index in [9.17, 15) is 8.42 Å². The highest BCUT2D eigenvalue weighted by atomic mass is 32.2. The molecule has 0 amide bonds. The summed E-state index contributed by atoms with van der Waals surface area (Å²) in [6.45, 7) is 6.44. The van der Waals surface area contributed by atoms with Gasteiger partial charge in [0.1, 0.15) is 9.84 Å². The van der Waals surface area contributed by atoms with Gasteiger partial charge in [0.2, 0.25) is 0 Å². The van der Waals surface area contributed by atoms with Gasteiger partial charge in [0.15, 0.2) is 0 Å². The summed E-state index contributed by atoms with van der Waals surface area (Å²) >= 11 is 0. The van der Waals surface area contributed by atoms with Crippen molar-refractivity contribution in [3.63, 3.8) is 0 Å². The predicted octanol–water partition coefficient (Wildman–Crippen LogP) is 0.741. The average Bonchev–Trinajstić information content (AvgIpc) is 2.14. The minimum Gasteiger partial charge on any atom is -0.313 e. The topological polar surface area (TPSA) is 49.4 Å². The lowest BCUT2D eigenvalue weighted by Crippen LogP contribution is -2.44. The van der Waals surface area contributed by atoms with Crippen molar-refractivity contribution in [1.82, 2.24) is 10.2 Å². The van der Waals surface area contributed by atoms with Crippen LogP contribution in [0.3, 0.4) is 0 Å². The molecule has 0 aliphatic carbocycles. The zero-order valence-corrected chi connectivity index (χ0v) is 12.3. The lowest BCUT2D eigenvalue weighted by Gasteiger charge is -2.32. The molecule has 17 heavy (non-hydrogen) atoms. The Morgan fingerprint density at radius 1 is 1.24 bits per heavy atom. The quantitative estimate of drug-likeness (QED) is 0.794. The number of hydrogen-bond donors (Lipinski definition) is 1. The zero-order chi connectivity index (χ0) is 13.1. The zero-order valence-electron chi connectivity index (χ0n) is 11.5. The molecule has 0 aromatic heterocycles. The number of rotatable bonds is 5. The van der Waals surface area contributed by atoms with Crippen molar-refractivity contribution in [2.45, 2.75) is 32.7 Å². The number of sulfone groups is 1. The Kier molecular flexibility index (Phi) is 4.98. The molecule has 0 spiro atoms. The van der Waals surface area contributed by atoms with Gasteiger partial charge in [0, 0.05) is 19.1 Å². The van der Waals surface area contributed by atoms with Gasteiger partial charge < -0.3 is 10.2 Å². The Labute approximate surface area is 106 Å². The second-order valence-corrected chi connectivity index (χ2v) is 8.51. The molecule has 1 saturated heterocycles. The third-order valence-corrected chi connectivity index (χ3v) is 4.88. The van der Waals surface area contributed by atoms with Gasteiger partial charge in [-0.25, -0.2) is 8.42 Å². The SMILES string of the molecule is CN(C)CC(C)(C)CNC1CCS(=O)(=O)CC1. The predicted molar refractivity (Wildman–Crippen MR) is 72.0 cm³/mol. The molecule has 1 aliphatic rings. The van der Waals surface area contributed by atoms with Crippen molar-refractivity contribution in [3.8, 4) is 0 Å². The standard InChI is InChI=1S/C12H26N2O2S/c1-12(2,10-14(3)4)9-13-11-5-7-17(15,16)8-6-11/h11,13H,5-10H2,1-4H3. The molecule has 1 heterocycles. The first-order valence-corrected chi connectivity index (χ1v) is 8.11. The van der Waals surface area contributed by atoms with Crippen LogP contribution in [0.4, 0.5) is 0 Å². The first kappa shape index (κ1) is 14.9. The maximum Gasteiger partial charge on any atom is 0.150 e. The summed E-state index contributed by atoms with van der Waals surface area (Å²) in [4.78, 5) is 2.19. The molecule has 1 aliphatic heterocycles. The van der Waals surface area contributed by atoms with E-state index < -0.39 is 9.84 Å². The molecule has 0 bridgehead atoms. The minimum absolute atomic E-state index is 0.222. The van der Waals surface area contributed by atoms with Gasteiger partial charge >= 0.3 is 0 Å². The van der Waals surface area contributed by atoms with E-state index in [1.165, 1.54) is 0 Å². The van der Waals surface area contributed by atoms with Crippen molar-refractivity contribution in [2.75, 3.05) is 38.7 Å². The van der Waals surface area contributed by atoms with E-state index >= 15 is 0 Å². The van der Waals surface area contributed by atoms with E-state index in [0.29, 0.717) is 17.5 Å². The number of hydrogen-bond acceptors (Lipinski definition) is 4. The molecule has 5 heteroatoms. The first-order chi connectivity index (χ1) is 7.70. The van der Waals surface area contributed by atoms with Crippen LogP contribution in [0, 0.1) is 5.41 Å². The van der Waals surface area contributed by atoms with Gasteiger partial charge in [-0.3, -0.25) is 0 Å². The van der Waals surface area contributed by atoms with Crippen molar-refractivity contribution >= 4 is 9.84 Å². The van der Waals surface area contributed by atoms with E-state index in [1.807, 2.05) is 0 Å². The summed E-state index contributed by atoms with van der Waals surface area (Å²) in [5, 5.41) is 3.51. The van der Waals surface area contributed by atoms with Gasteiger partial charge in [0.05, 0.1) is 11.5 Å². The largest absolute Gasteiger partial charge is 0.313 e. The maximum atomic E-state index is 11.3. The van der Waals surface area contributed by atoms with E-state index in [2.05, 4.69) is 38.2 Å². The van der Waals surface area contributed by atoms with Crippen molar-refractivity contribution in [1.29, 1.82) is 0 Å². The normalized spacial score (nSPS) is 21.9. The van der Waals surface area contributed by atoms with Crippen molar-refractivity contribution in [2.24, 2.45) is 5.41 Å². The van der Waals surface area contributed by atoms with Crippen LogP contribution < -0.4 is 5.32 Å². The summed E-state index contributed by atoms with van der Waals surface area (Å²) < 4.78 is 22.6. The molecule has 0 saturated carbocycles. The van der Waals surface area contributed by atoms with Gasteiger partial charge in [-0.15, -0.1) is 0 Å². The van der Waals surface area contributed by atoms with E-state index in [-0.39, 0.29) is 5.41 Å². The smallest absolute Gasteiger partial charge is 0.150 e. The Morgan fingerprint density at radius 3 is 2.24 bits per heavy atom. The third-order valence-electron chi connectivity index (χ3n) is 3.17. The van der Waals surface area contributed by atoms with E-state index in [1.54, 1.807) is 0 Å². The van der Waals surface area contributed by atoms with Crippen LogP contribution in [-0.2, 0) is 9.84 Å². The molecule has 102 valence electrons. The van der Waals surface area contributed by atoms with Gasteiger partial charge in [-0.2, -0.15) is 0 Å². The Balaban J connectivity index is 2.32. The fraction of sp³-hybridized carbons (Fsp3) is 1.00. The molecule has 0 atom stereocenters. The van der Waals surface area contributed by atoms with Gasteiger partial charge in [-0.1, -0.05) is 13.8 Å². The van der Waals surface area contributed by atoms with Crippen LogP contribution >= 0.6 is 0 Å². The van der Waals surface area contributed by atoms with Crippen LogP contribution in [0.2, 0.25) is 0 Å². The van der Waals surface area contributed by atoms with E-state index in [4.69, 9.17) is 0 Å². The summed E-state index contributed by atoms with van der Waals surface area (Å²) in [5.74, 6) is 0.692. The van der Waals surface area contributed by atoms with Crippen LogP contribution in [0.15, 0.2) is 0 Å². The molecule has 0 unspecified atom stereocenters. The molecule has 1 rings (SSSR count). The monoisotopic (exact) mass is 262 g/mol. The fourth-order valence-corrected chi connectivity index (χ4v) is 3.92. The molecule has 1 N–H and O–H groups in total. The molecular formula is C12H26N2O2S. The number of nitrogens with one attached hydrogen (secondary N) is 1. The van der Waals surface area contributed by atoms with Crippen molar-refractivity contribution < 1.29 is 8.42 Å². The average molecular weight is 262 g/mol. The summed E-state index contributed by atoms with van der Waals surface area (Å²) in [6, 6.07) is 0.375. The highest BCUT2D eigenvalue weighted by Crippen LogP contribution is 2.17. The Hall–Kier alpha value is -0.130. The second-order valence-electron chi connectivity index (χ2n) is 6.21. The molecule has 1 fully saturated rings. The summed E-state index contributed by atoms with van der Waals surface area (Å²) in [5.41, 5.74) is 0.222. The maximum absolute atomic E-state index is 11.3. The second kappa shape index (κ2) is 5.67. The molecule has 0 radical (unpaired) electrons. The molecule has 4 nitrogen and oxygen atoms in total. The van der Waals surface area contributed by atoms with Crippen molar-refractivity contribution in [3.05, 3.63) is 0 Å². The van der Waals surface area contributed by atoms with Crippen LogP contribution in [0.25, 0.3) is 0 Å². The van der Waals surface area contributed by atoms with Crippen LogP contribution in [-0.4, -0.2) is 58.1 Å². The molecule has 0 aromatic carbocycles. The van der Waals surface area contributed by atoms with E-state index in [0.717, 1.165) is 25.9 Å².